The number of nitrogens with zero attached hydrogens (tertiary/aromatic N) is 1. The average Bonchev–Trinajstić information content (AvgIpc) is 2.54. The van der Waals surface area contributed by atoms with Gasteiger partial charge in [-0.3, -0.25) is 4.90 Å². The van der Waals surface area contributed by atoms with Gasteiger partial charge in [0.2, 0.25) is 10.0 Å². The van der Waals surface area contributed by atoms with Crippen molar-refractivity contribution in [1.82, 2.24) is 9.62 Å². The minimum atomic E-state index is -3.32. The van der Waals surface area contributed by atoms with E-state index in [1.807, 2.05) is 31.2 Å². The fraction of sp³-hybridized carbons (Fsp3) is 0.667. The van der Waals surface area contributed by atoms with Gasteiger partial charge in [-0.05, 0) is 24.8 Å². The van der Waals surface area contributed by atoms with E-state index in [9.17, 15) is 8.42 Å². The summed E-state index contributed by atoms with van der Waals surface area (Å²) in [5, 5.41) is 0. The van der Waals surface area contributed by atoms with Crippen LogP contribution in [-0.4, -0.2) is 52.2 Å². The van der Waals surface area contributed by atoms with Gasteiger partial charge < -0.3 is 4.74 Å². The number of hydrogen-bond donors (Lipinski definition) is 1. The second kappa shape index (κ2) is 8.94. The zero-order valence-electron chi connectivity index (χ0n) is 15.0. The lowest BCUT2D eigenvalue weighted by atomic mass is 10.0. The molecule has 0 aromatic heterocycles. The Hall–Kier alpha value is -0.950. The van der Waals surface area contributed by atoms with Gasteiger partial charge in [-0.2, -0.15) is 0 Å². The van der Waals surface area contributed by atoms with Crippen LogP contribution in [-0.2, 0) is 20.5 Å². The van der Waals surface area contributed by atoms with Crippen molar-refractivity contribution in [3.05, 3.63) is 35.4 Å². The van der Waals surface area contributed by atoms with E-state index < -0.39 is 10.0 Å². The molecule has 5 nitrogen and oxygen atoms in total. The lowest BCUT2D eigenvalue weighted by Gasteiger charge is -2.35. The number of hydrogen-bond acceptors (Lipinski definition) is 4. The van der Waals surface area contributed by atoms with Gasteiger partial charge in [-0.1, -0.05) is 43.7 Å². The molecule has 0 saturated carbocycles. The number of nitrogens with one attached hydrogen (secondary N) is 1. The van der Waals surface area contributed by atoms with Gasteiger partial charge in [-0.25, -0.2) is 13.1 Å². The number of sulfonamides is 1. The van der Waals surface area contributed by atoms with Crippen LogP contribution in [0.1, 0.15) is 31.4 Å². The highest BCUT2D eigenvalue weighted by Crippen LogP contribution is 2.14. The van der Waals surface area contributed by atoms with Gasteiger partial charge in [0.05, 0.1) is 19.0 Å². The number of morpholine rings is 1. The minimum absolute atomic E-state index is 0.0325. The van der Waals surface area contributed by atoms with Crippen LogP contribution < -0.4 is 4.72 Å². The molecule has 0 amide bonds. The maximum atomic E-state index is 12.4. The van der Waals surface area contributed by atoms with Crippen LogP contribution in [0.3, 0.4) is 0 Å². The Morgan fingerprint density at radius 1 is 1.17 bits per heavy atom. The number of aryl methyl sites for hydroxylation is 1. The Bertz CT molecular complexity index is 593. The van der Waals surface area contributed by atoms with E-state index in [0.717, 1.165) is 43.9 Å². The fourth-order valence-electron chi connectivity index (χ4n) is 3.03. The summed E-state index contributed by atoms with van der Waals surface area (Å²) < 4.78 is 33.0. The molecular formula is C18H30N2O3S. The molecule has 1 aliphatic heterocycles. The first kappa shape index (κ1) is 19.4. The van der Waals surface area contributed by atoms with E-state index in [4.69, 9.17) is 4.74 Å². The second-order valence-corrected chi connectivity index (χ2v) is 8.83. The van der Waals surface area contributed by atoms with Crippen LogP contribution in [0, 0.1) is 12.8 Å². The average molecular weight is 355 g/mol. The zero-order chi connectivity index (χ0) is 17.6. The normalized spacial score (nSPS) is 18.0. The molecule has 1 N–H and O–H groups in total. The van der Waals surface area contributed by atoms with E-state index in [1.54, 1.807) is 0 Å². The third kappa shape index (κ3) is 6.51. The molecule has 1 heterocycles. The molecule has 0 bridgehead atoms. The number of ether oxygens (including phenoxy) is 1. The highest BCUT2D eigenvalue weighted by molar-refractivity contribution is 7.88. The summed E-state index contributed by atoms with van der Waals surface area (Å²) in [7, 11) is -3.32. The smallest absolute Gasteiger partial charge is 0.215 e. The van der Waals surface area contributed by atoms with E-state index >= 15 is 0 Å². The van der Waals surface area contributed by atoms with E-state index in [0.29, 0.717) is 12.5 Å². The lowest BCUT2D eigenvalue weighted by Crippen LogP contribution is -2.49. The monoisotopic (exact) mass is 354 g/mol. The van der Waals surface area contributed by atoms with Crippen molar-refractivity contribution in [1.29, 1.82) is 0 Å². The molecule has 1 aromatic carbocycles. The van der Waals surface area contributed by atoms with Crippen LogP contribution in [0.4, 0.5) is 0 Å². The van der Waals surface area contributed by atoms with Crippen LogP contribution in [0.5, 0.6) is 0 Å². The molecule has 0 radical (unpaired) electrons. The molecule has 136 valence electrons. The Labute approximate surface area is 146 Å². The summed E-state index contributed by atoms with van der Waals surface area (Å²) in [4.78, 5) is 2.35. The Kier molecular flexibility index (Phi) is 7.22. The van der Waals surface area contributed by atoms with Gasteiger partial charge >= 0.3 is 0 Å². The third-order valence-electron chi connectivity index (χ3n) is 4.32. The molecule has 0 aliphatic carbocycles. The summed E-state index contributed by atoms with van der Waals surface area (Å²) in [6.45, 7) is 10.0. The molecule has 6 heteroatoms. The molecule has 1 fully saturated rings. The maximum Gasteiger partial charge on any atom is 0.215 e. The van der Waals surface area contributed by atoms with Crippen molar-refractivity contribution in [3.63, 3.8) is 0 Å². The van der Waals surface area contributed by atoms with Crippen molar-refractivity contribution in [2.45, 2.75) is 39.0 Å². The first-order valence-electron chi connectivity index (χ1n) is 8.70. The predicted octanol–water partition coefficient (Wildman–Crippen LogP) is 2.16. The molecule has 24 heavy (non-hydrogen) atoms. The highest BCUT2D eigenvalue weighted by atomic mass is 32.2. The van der Waals surface area contributed by atoms with Crippen LogP contribution in [0.25, 0.3) is 0 Å². The molecule has 0 spiro atoms. The van der Waals surface area contributed by atoms with Crippen LogP contribution in [0.2, 0.25) is 0 Å². The highest BCUT2D eigenvalue weighted by Gasteiger charge is 2.23. The molecule has 1 unspecified atom stereocenters. The number of rotatable bonds is 8. The quantitative estimate of drug-likeness (QED) is 0.777. The fourth-order valence-corrected chi connectivity index (χ4v) is 4.21. The molecule has 2 rings (SSSR count). The van der Waals surface area contributed by atoms with Crippen molar-refractivity contribution in [2.75, 3.05) is 32.8 Å². The molecule has 1 aromatic rings. The summed E-state index contributed by atoms with van der Waals surface area (Å²) in [5.41, 5.74) is 1.95. The van der Waals surface area contributed by atoms with Gasteiger partial charge in [0.15, 0.2) is 0 Å². The van der Waals surface area contributed by atoms with E-state index in [2.05, 4.69) is 23.5 Å². The minimum Gasteiger partial charge on any atom is -0.379 e. The van der Waals surface area contributed by atoms with Crippen molar-refractivity contribution >= 4 is 10.0 Å². The Balaban J connectivity index is 1.94. The third-order valence-corrected chi connectivity index (χ3v) is 5.64. The van der Waals surface area contributed by atoms with Gasteiger partial charge in [0.25, 0.3) is 0 Å². The van der Waals surface area contributed by atoms with Crippen molar-refractivity contribution in [3.8, 4) is 0 Å². The molecular weight excluding hydrogens is 324 g/mol. The predicted molar refractivity (Wildman–Crippen MR) is 97.4 cm³/mol. The first-order valence-corrected chi connectivity index (χ1v) is 10.4. The molecule has 1 aliphatic rings. The Morgan fingerprint density at radius 2 is 1.79 bits per heavy atom. The van der Waals surface area contributed by atoms with Crippen molar-refractivity contribution in [2.24, 2.45) is 5.92 Å². The maximum absolute atomic E-state index is 12.4. The summed E-state index contributed by atoms with van der Waals surface area (Å²) in [5.74, 6) is 0.560. The van der Waals surface area contributed by atoms with Gasteiger partial charge in [-0.15, -0.1) is 0 Å². The molecule has 1 saturated heterocycles. The zero-order valence-corrected chi connectivity index (χ0v) is 15.8. The largest absolute Gasteiger partial charge is 0.379 e. The topological polar surface area (TPSA) is 58.6 Å². The van der Waals surface area contributed by atoms with E-state index in [-0.39, 0.29) is 11.8 Å². The number of benzene rings is 1. The first-order chi connectivity index (χ1) is 11.4. The van der Waals surface area contributed by atoms with E-state index in [1.165, 1.54) is 0 Å². The second-order valence-electron chi connectivity index (χ2n) is 7.02. The summed E-state index contributed by atoms with van der Waals surface area (Å²) >= 11 is 0. The van der Waals surface area contributed by atoms with Crippen molar-refractivity contribution < 1.29 is 13.2 Å². The van der Waals surface area contributed by atoms with Crippen LogP contribution >= 0.6 is 0 Å². The van der Waals surface area contributed by atoms with Gasteiger partial charge in [0, 0.05) is 25.7 Å². The molecule has 1 atom stereocenters. The summed E-state index contributed by atoms with van der Waals surface area (Å²) in [6, 6.07) is 7.87. The lowest BCUT2D eigenvalue weighted by molar-refractivity contribution is 0.0134. The Morgan fingerprint density at radius 3 is 2.38 bits per heavy atom. The van der Waals surface area contributed by atoms with Crippen LogP contribution in [0.15, 0.2) is 24.3 Å². The summed E-state index contributed by atoms with van der Waals surface area (Å²) in [6.07, 6.45) is 0.979. The van der Waals surface area contributed by atoms with Gasteiger partial charge in [0.1, 0.15) is 0 Å². The SMILES string of the molecule is Cc1ccc(CS(=O)(=O)NCC(CC(C)C)N2CCOCC2)cc1. The standard InChI is InChI=1S/C18H30N2O3S/c1-15(2)12-18(20-8-10-23-11-9-20)13-19-24(21,22)14-17-6-4-16(3)5-7-17/h4-7,15,18-19H,8-14H2,1-3H3.